The Morgan fingerprint density at radius 2 is 2.53 bits per heavy atom. The van der Waals surface area contributed by atoms with Gasteiger partial charge in [-0.1, -0.05) is 15.9 Å². The summed E-state index contributed by atoms with van der Waals surface area (Å²) >= 11 is 4.99. The summed E-state index contributed by atoms with van der Waals surface area (Å²) in [5, 5.41) is 3.85. The van der Waals surface area contributed by atoms with Gasteiger partial charge in [0.1, 0.15) is 5.69 Å². The lowest BCUT2D eigenvalue weighted by Crippen LogP contribution is -2.35. The minimum absolute atomic E-state index is 0.117. The molecule has 94 valence electrons. The molecule has 5 heteroatoms. The van der Waals surface area contributed by atoms with Gasteiger partial charge in [-0.15, -0.1) is 11.3 Å². The molecule has 1 aromatic rings. The van der Waals surface area contributed by atoms with Crippen molar-refractivity contribution in [2.45, 2.75) is 38.6 Å². The highest BCUT2D eigenvalue weighted by Gasteiger charge is 2.29. The highest BCUT2D eigenvalue weighted by atomic mass is 79.9. The number of nitrogens with zero attached hydrogens (tertiary/aromatic N) is 2. The summed E-state index contributed by atoms with van der Waals surface area (Å²) in [6, 6.07) is 0.419. The van der Waals surface area contributed by atoms with Gasteiger partial charge in [0.2, 0.25) is 0 Å². The van der Waals surface area contributed by atoms with Crippen molar-refractivity contribution in [1.29, 1.82) is 0 Å². The molecule has 1 aliphatic heterocycles. The van der Waals surface area contributed by atoms with Crippen LogP contribution in [0.25, 0.3) is 0 Å². The van der Waals surface area contributed by atoms with Gasteiger partial charge >= 0.3 is 0 Å². The van der Waals surface area contributed by atoms with E-state index in [0.29, 0.717) is 11.7 Å². The molecule has 1 aromatic heterocycles. The predicted octanol–water partition coefficient (Wildman–Crippen LogP) is 3.23. The van der Waals surface area contributed by atoms with Gasteiger partial charge in [0.05, 0.1) is 5.01 Å². The Kier molecular flexibility index (Phi) is 4.56. The zero-order chi connectivity index (χ0) is 12.3. The van der Waals surface area contributed by atoms with Crippen molar-refractivity contribution in [3.63, 3.8) is 0 Å². The third-order valence-corrected chi connectivity index (χ3v) is 4.48. The van der Waals surface area contributed by atoms with Crippen LogP contribution in [-0.2, 0) is 0 Å². The molecule has 17 heavy (non-hydrogen) atoms. The number of halogens is 1. The summed E-state index contributed by atoms with van der Waals surface area (Å²) < 4.78 is 0. The molecule has 0 N–H and O–H groups in total. The normalized spacial score (nSPS) is 19.9. The molecule has 0 radical (unpaired) electrons. The van der Waals surface area contributed by atoms with Gasteiger partial charge in [0.15, 0.2) is 0 Å². The second kappa shape index (κ2) is 5.96. The maximum Gasteiger partial charge on any atom is 0.273 e. The first-order valence-electron chi connectivity index (χ1n) is 6.01. The first kappa shape index (κ1) is 13.0. The van der Waals surface area contributed by atoms with Crippen LogP contribution in [0.2, 0.25) is 0 Å². The number of carbonyl (C=O) groups excluding carboxylic acids is 1. The van der Waals surface area contributed by atoms with Crippen LogP contribution in [0.3, 0.4) is 0 Å². The third-order valence-electron chi connectivity index (χ3n) is 3.15. The predicted molar refractivity (Wildman–Crippen MR) is 73.9 cm³/mol. The standard InChI is InChI=1S/C12H17BrN2OS/c1-9-14-11(8-17-9)12(16)15-7-3-5-10(15)4-2-6-13/h8,10H,2-7H2,1H3. The monoisotopic (exact) mass is 316 g/mol. The van der Waals surface area contributed by atoms with E-state index in [1.807, 2.05) is 17.2 Å². The van der Waals surface area contributed by atoms with E-state index in [-0.39, 0.29) is 5.91 Å². The summed E-state index contributed by atoms with van der Waals surface area (Å²) in [7, 11) is 0. The average molecular weight is 317 g/mol. The van der Waals surface area contributed by atoms with Crippen molar-refractivity contribution in [3.8, 4) is 0 Å². The number of rotatable bonds is 4. The van der Waals surface area contributed by atoms with Crippen LogP contribution in [-0.4, -0.2) is 33.7 Å². The van der Waals surface area contributed by atoms with Gasteiger partial charge in [0, 0.05) is 23.3 Å². The Morgan fingerprint density at radius 1 is 1.71 bits per heavy atom. The fourth-order valence-corrected chi connectivity index (χ4v) is 3.24. The second-order valence-corrected chi connectivity index (χ2v) is 6.23. The second-order valence-electron chi connectivity index (χ2n) is 4.38. The largest absolute Gasteiger partial charge is 0.334 e. The molecule has 1 fully saturated rings. The summed E-state index contributed by atoms with van der Waals surface area (Å²) in [6.07, 6.45) is 4.49. The molecule has 0 aromatic carbocycles. The smallest absolute Gasteiger partial charge is 0.273 e. The first-order valence-corrected chi connectivity index (χ1v) is 8.01. The number of carbonyl (C=O) groups is 1. The van der Waals surface area contributed by atoms with Gasteiger partial charge in [-0.3, -0.25) is 4.79 Å². The van der Waals surface area contributed by atoms with Crippen molar-refractivity contribution >= 4 is 33.2 Å². The van der Waals surface area contributed by atoms with Crippen LogP contribution in [0.15, 0.2) is 5.38 Å². The van der Waals surface area contributed by atoms with Crippen molar-refractivity contribution in [1.82, 2.24) is 9.88 Å². The first-order chi connectivity index (χ1) is 8.22. The molecule has 0 bridgehead atoms. The van der Waals surface area contributed by atoms with E-state index in [0.717, 1.165) is 42.6 Å². The van der Waals surface area contributed by atoms with Crippen LogP contribution in [0, 0.1) is 6.92 Å². The number of alkyl halides is 1. The lowest BCUT2D eigenvalue weighted by molar-refractivity contribution is 0.0725. The summed E-state index contributed by atoms with van der Waals surface area (Å²) in [5.74, 6) is 0.117. The van der Waals surface area contributed by atoms with Crippen LogP contribution in [0.4, 0.5) is 0 Å². The molecule has 1 amide bonds. The fraction of sp³-hybridized carbons (Fsp3) is 0.667. The fourth-order valence-electron chi connectivity index (χ4n) is 2.32. The number of thiazole rings is 1. The molecule has 1 aliphatic rings. The SMILES string of the molecule is Cc1nc(C(=O)N2CCCC2CCCBr)cs1. The lowest BCUT2D eigenvalue weighted by atomic mass is 10.1. The average Bonchev–Trinajstić information content (AvgIpc) is 2.94. The Balaban J connectivity index is 2.03. The minimum atomic E-state index is 0.117. The van der Waals surface area contributed by atoms with Gasteiger partial charge in [-0.05, 0) is 32.6 Å². The minimum Gasteiger partial charge on any atom is -0.334 e. The molecule has 2 rings (SSSR count). The van der Waals surface area contributed by atoms with Gasteiger partial charge in [-0.2, -0.15) is 0 Å². The van der Waals surface area contributed by atoms with E-state index >= 15 is 0 Å². The summed E-state index contributed by atoms with van der Waals surface area (Å²) in [5.41, 5.74) is 0.623. The van der Waals surface area contributed by atoms with Crippen molar-refractivity contribution in [2.24, 2.45) is 0 Å². The maximum atomic E-state index is 12.3. The zero-order valence-electron chi connectivity index (χ0n) is 9.99. The summed E-state index contributed by atoms with van der Waals surface area (Å²) in [4.78, 5) is 18.6. The van der Waals surface area contributed by atoms with Gasteiger partial charge in [0.25, 0.3) is 5.91 Å². The van der Waals surface area contributed by atoms with E-state index in [1.54, 1.807) is 11.3 Å². The summed E-state index contributed by atoms with van der Waals surface area (Å²) in [6.45, 7) is 2.83. The number of aromatic nitrogens is 1. The molecule has 2 heterocycles. The van der Waals surface area contributed by atoms with E-state index in [9.17, 15) is 4.79 Å². The van der Waals surface area contributed by atoms with Crippen molar-refractivity contribution in [2.75, 3.05) is 11.9 Å². The van der Waals surface area contributed by atoms with Gasteiger partial charge in [-0.25, -0.2) is 4.98 Å². The molecule has 0 aliphatic carbocycles. The highest BCUT2D eigenvalue weighted by molar-refractivity contribution is 9.09. The van der Waals surface area contributed by atoms with E-state index < -0.39 is 0 Å². The van der Waals surface area contributed by atoms with E-state index in [4.69, 9.17) is 0 Å². The van der Waals surface area contributed by atoms with Crippen LogP contribution in [0.1, 0.15) is 41.2 Å². The lowest BCUT2D eigenvalue weighted by Gasteiger charge is -2.23. The Bertz CT molecular complexity index is 394. The number of amides is 1. The van der Waals surface area contributed by atoms with Crippen molar-refractivity contribution in [3.05, 3.63) is 16.1 Å². The number of aryl methyl sites for hydroxylation is 1. The molecule has 1 unspecified atom stereocenters. The van der Waals surface area contributed by atoms with E-state index in [2.05, 4.69) is 20.9 Å². The van der Waals surface area contributed by atoms with Crippen molar-refractivity contribution < 1.29 is 4.79 Å². The topological polar surface area (TPSA) is 33.2 Å². The van der Waals surface area contributed by atoms with Crippen LogP contribution in [0.5, 0.6) is 0 Å². The quantitative estimate of drug-likeness (QED) is 0.799. The highest BCUT2D eigenvalue weighted by Crippen LogP contribution is 2.24. The molecular weight excluding hydrogens is 300 g/mol. The number of hydrogen-bond donors (Lipinski definition) is 0. The Morgan fingerprint density at radius 3 is 3.18 bits per heavy atom. The van der Waals surface area contributed by atoms with Crippen LogP contribution < -0.4 is 0 Å². The molecule has 1 atom stereocenters. The van der Waals surface area contributed by atoms with Crippen LogP contribution >= 0.6 is 27.3 Å². The van der Waals surface area contributed by atoms with Gasteiger partial charge < -0.3 is 4.90 Å². The number of hydrogen-bond acceptors (Lipinski definition) is 3. The maximum absolute atomic E-state index is 12.3. The molecular formula is C12H17BrN2OS. The Labute approximate surface area is 114 Å². The van der Waals surface area contributed by atoms with E-state index in [1.165, 1.54) is 0 Å². The molecule has 3 nitrogen and oxygen atoms in total. The molecule has 0 saturated carbocycles. The Hall–Kier alpha value is -0.420. The molecule has 0 spiro atoms. The molecule has 1 saturated heterocycles. The third kappa shape index (κ3) is 3.07. The zero-order valence-corrected chi connectivity index (χ0v) is 12.4. The number of likely N-dealkylation sites (tertiary alicyclic amines) is 1.